The zero-order valence-corrected chi connectivity index (χ0v) is 9.83. The topological polar surface area (TPSA) is 9.23 Å². The van der Waals surface area contributed by atoms with E-state index in [1.165, 1.54) is 15.8 Å². The van der Waals surface area contributed by atoms with E-state index in [1.54, 1.807) is 0 Å². The van der Waals surface area contributed by atoms with E-state index in [0.29, 0.717) is 0 Å². The van der Waals surface area contributed by atoms with Crippen LogP contribution in [-0.2, 0) is 3.76 Å². The van der Waals surface area contributed by atoms with E-state index < -0.39 is 13.6 Å². The Morgan fingerprint density at radius 3 is 1.40 bits per heavy atom. The van der Waals surface area contributed by atoms with Gasteiger partial charge in [0.25, 0.3) is 0 Å². The molecule has 62 valence electrons. The van der Waals surface area contributed by atoms with Crippen molar-refractivity contribution in [1.29, 1.82) is 0 Å². The summed E-state index contributed by atoms with van der Waals surface area (Å²) < 4.78 is 5.86. The Morgan fingerprint density at radius 1 is 0.900 bits per heavy atom. The van der Waals surface area contributed by atoms with Crippen LogP contribution in [0.1, 0.15) is 27.7 Å². The van der Waals surface area contributed by atoms with Crippen LogP contribution in [0.5, 0.6) is 0 Å². The second kappa shape index (κ2) is 5.19. The van der Waals surface area contributed by atoms with E-state index in [1.807, 2.05) is 0 Å². The van der Waals surface area contributed by atoms with E-state index in [2.05, 4.69) is 27.7 Å². The van der Waals surface area contributed by atoms with Crippen LogP contribution >= 0.6 is 0 Å². The molecule has 0 aromatic carbocycles. The molecule has 1 nitrogen and oxygen atoms in total. The van der Waals surface area contributed by atoms with Gasteiger partial charge in [0, 0.05) is 0 Å². The van der Waals surface area contributed by atoms with Gasteiger partial charge >= 0.3 is 67.4 Å². The molecule has 0 spiro atoms. The van der Waals surface area contributed by atoms with E-state index >= 15 is 0 Å². The molecule has 0 rings (SSSR count). The zero-order valence-electron chi connectivity index (χ0n) is 7.74. The Kier molecular flexibility index (Phi) is 5.45. The molecule has 0 radical (unpaired) electrons. The fourth-order valence-electron chi connectivity index (χ4n) is 1.36. The van der Waals surface area contributed by atoms with Gasteiger partial charge in [0.2, 0.25) is 0 Å². The first-order valence-corrected chi connectivity index (χ1v) is 9.69. The van der Waals surface area contributed by atoms with Crippen molar-refractivity contribution < 1.29 is 3.76 Å². The summed E-state index contributed by atoms with van der Waals surface area (Å²) in [5, 5.41) is 3.96. The predicted octanol–water partition coefficient (Wildman–Crippen LogP) is 3.03. The van der Waals surface area contributed by atoms with Gasteiger partial charge in [-0.25, -0.2) is 0 Å². The van der Waals surface area contributed by atoms with Crippen LogP contribution in [0, 0.1) is 0 Å². The van der Waals surface area contributed by atoms with Crippen molar-refractivity contribution in [2.24, 2.45) is 0 Å². The molecule has 0 aliphatic rings. The van der Waals surface area contributed by atoms with Gasteiger partial charge in [-0.05, 0) is 0 Å². The van der Waals surface area contributed by atoms with Gasteiger partial charge < -0.3 is 0 Å². The van der Waals surface area contributed by atoms with Crippen molar-refractivity contribution in [3.05, 3.63) is 0 Å². The maximum atomic E-state index is 5.86. The monoisotopic (exact) mass is 206 g/mol. The molecule has 0 heterocycles. The summed E-state index contributed by atoms with van der Waals surface area (Å²) >= 11 is -1.70. The molecule has 0 saturated carbocycles. The summed E-state index contributed by atoms with van der Waals surface area (Å²) in [7, 11) is 0. The van der Waals surface area contributed by atoms with Gasteiger partial charge in [0.05, 0.1) is 0 Å². The maximum absolute atomic E-state index is 5.86. The molecule has 0 amide bonds. The first kappa shape index (κ1) is 10.5. The molecule has 0 bridgehead atoms. The Morgan fingerprint density at radius 2 is 1.30 bits per heavy atom. The summed E-state index contributed by atoms with van der Waals surface area (Å²) in [5.41, 5.74) is 0. The van der Waals surface area contributed by atoms with Crippen LogP contribution in [0.3, 0.4) is 0 Å². The minimum atomic E-state index is -1.70. The summed E-state index contributed by atoms with van der Waals surface area (Å²) in [5.74, 6) is 0. The predicted molar refractivity (Wildman–Crippen MR) is 48.8 cm³/mol. The first-order chi connectivity index (χ1) is 4.74. The molecule has 0 saturated heterocycles. The van der Waals surface area contributed by atoms with Gasteiger partial charge in [-0.3, -0.25) is 0 Å². The molecular weight excluding hydrogens is 185 g/mol. The minimum absolute atomic E-state index is 0.926. The Labute approximate surface area is 67.9 Å². The fraction of sp³-hybridized carbons (Fsp3) is 1.00. The molecule has 0 fully saturated rings. The van der Waals surface area contributed by atoms with Crippen LogP contribution in [-0.4, -0.2) is 20.2 Å². The third-order valence-corrected chi connectivity index (χ3v) is 12.4. The van der Waals surface area contributed by atoms with E-state index in [4.69, 9.17) is 3.76 Å². The molecule has 0 aromatic rings. The van der Waals surface area contributed by atoms with Crippen molar-refractivity contribution in [3.8, 4) is 0 Å². The van der Waals surface area contributed by atoms with Crippen molar-refractivity contribution >= 4 is 13.6 Å². The molecule has 0 unspecified atom stereocenters. The van der Waals surface area contributed by atoms with Crippen LogP contribution in [0.2, 0.25) is 15.8 Å². The van der Waals surface area contributed by atoms with E-state index in [9.17, 15) is 0 Å². The standard InChI is InChI=1S/C8H20GeO/c1-5-9(6-2,7-3)10-8-4/h5-8H2,1-4H3. The molecule has 0 aromatic heterocycles. The normalized spacial score (nSPS) is 12.0. The SMILES string of the molecule is CC[O][Ge]([CH2]C)([CH2]C)[CH2]C. The van der Waals surface area contributed by atoms with Gasteiger partial charge in [0.1, 0.15) is 0 Å². The first-order valence-electron chi connectivity index (χ1n) is 4.38. The molecule has 0 atom stereocenters. The van der Waals surface area contributed by atoms with Crippen LogP contribution in [0.15, 0.2) is 0 Å². The number of hydrogen-bond acceptors (Lipinski definition) is 1. The fourth-order valence-corrected chi connectivity index (χ4v) is 7.08. The number of rotatable bonds is 5. The molecular formula is C8H20GeO. The summed E-state index contributed by atoms with van der Waals surface area (Å²) in [4.78, 5) is 0. The van der Waals surface area contributed by atoms with Gasteiger partial charge in [-0.15, -0.1) is 0 Å². The average molecular weight is 205 g/mol. The van der Waals surface area contributed by atoms with Crippen molar-refractivity contribution in [2.45, 2.75) is 43.5 Å². The van der Waals surface area contributed by atoms with Crippen LogP contribution in [0.25, 0.3) is 0 Å². The molecule has 0 aliphatic carbocycles. The summed E-state index contributed by atoms with van der Waals surface area (Å²) in [6.07, 6.45) is 0. The average Bonchev–Trinajstić information content (AvgIpc) is 2.01. The third kappa shape index (κ3) is 2.63. The van der Waals surface area contributed by atoms with Crippen molar-refractivity contribution in [3.63, 3.8) is 0 Å². The van der Waals surface area contributed by atoms with E-state index in [0.717, 1.165) is 6.61 Å². The Hall–Kier alpha value is 0.503. The molecule has 10 heavy (non-hydrogen) atoms. The van der Waals surface area contributed by atoms with Crippen LogP contribution < -0.4 is 0 Å². The number of hydrogen-bond donors (Lipinski definition) is 0. The van der Waals surface area contributed by atoms with Crippen LogP contribution in [0.4, 0.5) is 0 Å². The molecule has 0 N–H and O–H groups in total. The third-order valence-electron chi connectivity index (χ3n) is 2.38. The molecule has 2 heteroatoms. The van der Waals surface area contributed by atoms with Gasteiger partial charge in [-0.1, -0.05) is 0 Å². The van der Waals surface area contributed by atoms with Gasteiger partial charge in [-0.2, -0.15) is 0 Å². The zero-order chi connectivity index (χ0) is 8.04. The second-order valence-electron chi connectivity index (χ2n) is 2.68. The summed E-state index contributed by atoms with van der Waals surface area (Å²) in [6, 6.07) is 0. The van der Waals surface area contributed by atoms with Crippen molar-refractivity contribution in [2.75, 3.05) is 6.61 Å². The van der Waals surface area contributed by atoms with Gasteiger partial charge in [0.15, 0.2) is 0 Å². The van der Waals surface area contributed by atoms with E-state index in [-0.39, 0.29) is 0 Å². The Balaban J connectivity index is 3.87. The summed E-state index contributed by atoms with van der Waals surface area (Å²) in [6.45, 7) is 9.88. The molecule has 0 aliphatic heterocycles. The van der Waals surface area contributed by atoms with Crippen molar-refractivity contribution in [1.82, 2.24) is 0 Å². The quantitative estimate of drug-likeness (QED) is 0.626. The Bertz CT molecular complexity index is 71.1. The second-order valence-corrected chi connectivity index (χ2v) is 12.7.